The van der Waals surface area contributed by atoms with E-state index in [1.807, 2.05) is 56.9 Å². The summed E-state index contributed by atoms with van der Waals surface area (Å²) in [5.74, 6) is 0.491. The van der Waals surface area contributed by atoms with E-state index < -0.39 is 0 Å². The first-order valence-electron chi connectivity index (χ1n) is 9.51. The summed E-state index contributed by atoms with van der Waals surface area (Å²) in [4.78, 5) is 28.1. The Bertz CT molecular complexity index is 665. The summed E-state index contributed by atoms with van der Waals surface area (Å²) in [5, 5.41) is 6.05. The van der Waals surface area contributed by atoms with E-state index in [1.165, 1.54) is 0 Å². The van der Waals surface area contributed by atoms with Crippen molar-refractivity contribution < 1.29 is 9.59 Å². The smallest absolute Gasteiger partial charge is 0.226 e. The molecule has 0 aliphatic carbocycles. The number of hydrogen-bond donors (Lipinski definition) is 2. The van der Waals surface area contributed by atoms with Crippen molar-refractivity contribution in [2.24, 2.45) is 11.8 Å². The lowest BCUT2D eigenvalue weighted by Crippen LogP contribution is -2.49. The molecule has 0 aromatic heterocycles. The molecule has 7 heteroatoms. The molecule has 27 heavy (non-hydrogen) atoms. The van der Waals surface area contributed by atoms with Crippen molar-refractivity contribution in [2.75, 3.05) is 36.4 Å². The SMILES string of the molecule is CC(C)CC(=O)NC(=S)Nc1ccc(N2CCN(C(=O)C(C)C)CC2)cc1. The molecule has 0 spiro atoms. The molecule has 0 bridgehead atoms. The van der Waals surface area contributed by atoms with E-state index in [2.05, 4.69) is 15.5 Å². The van der Waals surface area contributed by atoms with Gasteiger partial charge in [-0.1, -0.05) is 27.7 Å². The largest absolute Gasteiger partial charge is 0.368 e. The number of carbonyl (C=O) groups excluding carboxylic acids is 2. The highest BCUT2D eigenvalue weighted by Crippen LogP contribution is 2.20. The molecule has 1 aliphatic heterocycles. The third-order valence-corrected chi connectivity index (χ3v) is 4.63. The molecule has 0 radical (unpaired) electrons. The van der Waals surface area contributed by atoms with Crippen molar-refractivity contribution in [3.63, 3.8) is 0 Å². The van der Waals surface area contributed by atoms with Gasteiger partial charge in [0.05, 0.1) is 0 Å². The van der Waals surface area contributed by atoms with Crippen molar-refractivity contribution >= 4 is 40.5 Å². The predicted molar refractivity (Wildman–Crippen MR) is 114 cm³/mol. The zero-order valence-corrected chi connectivity index (χ0v) is 17.4. The Hall–Kier alpha value is -2.15. The Kier molecular flexibility index (Phi) is 7.59. The summed E-state index contributed by atoms with van der Waals surface area (Å²) < 4.78 is 0. The van der Waals surface area contributed by atoms with Crippen LogP contribution < -0.4 is 15.5 Å². The van der Waals surface area contributed by atoms with Crippen LogP contribution in [0.2, 0.25) is 0 Å². The molecule has 148 valence electrons. The number of nitrogens with zero attached hydrogens (tertiary/aromatic N) is 2. The maximum absolute atomic E-state index is 12.1. The van der Waals surface area contributed by atoms with Crippen LogP contribution >= 0.6 is 12.2 Å². The van der Waals surface area contributed by atoms with Gasteiger partial charge in [-0.25, -0.2) is 0 Å². The standard InChI is InChI=1S/C20H30N4O2S/c1-14(2)13-18(25)22-20(27)21-16-5-7-17(8-6-16)23-9-11-24(12-10-23)19(26)15(3)4/h5-8,14-15H,9-13H2,1-4H3,(H2,21,22,25,27). The highest BCUT2D eigenvalue weighted by atomic mass is 32.1. The first-order valence-corrected chi connectivity index (χ1v) is 9.91. The maximum Gasteiger partial charge on any atom is 0.226 e. The Morgan fingerprint density at radius 2 is 1.63 bits per heavy atom. The Balaban J connectivity index is 1.84. The van der Waals surface area contributed by atoms with Crippen LogP contribution in [-0.4, -0.2) is 48.0 Å². The number of carbonyl (C=O) groups is 2. The van der Waals surface area contributed by atoms with Gasteiger partial charge in [-0.05, 0) is 42.4 Å². The van der Waals surface area contributed by atoms with Crippen molar-refractivity contribution in [1.82, 2.24) is 10.2 Å². The van der Waals surface area contributed by atoms with Gasteiger partial charge in [0.15, 0.2) is 5.11 Å². The highest BCUT2D eigenvalue weighted by molar-refractivity contribution is 7.80. The summed E-state index contributed by atoms with van der Waals surface area (Å²) in [6.45, 7) is 11.0. The molecule has 1 heterocycles. The van der Waals surface area contributed by atoms with Crippen LogP contribution in [0, 0.1) is 11.8 Å². The van der Waals surface area contributed by atoms with Gasteiger partial charge in [-0.3, -0.25) is 9.59 Å². The molecule has 6 nitrogen and oxygen atoms in total. The fourth-order valence-electron chi connectivity index (χ4n) is 3.02. The minimum Gasteiger partial charge on any atom is -0.368 e. The van der Waals surface area contributed by atoms with Crippen LogP contribution in [0.5, 0.6) is 0 Å². The lowest BCUT2D eigenvalue weighted by Gasteiger charge is -2.37. The van der Waals surface area contributed by atoms with E-state index in [4.69, 9.17) is 12.2 Å². The van der Waals surface area contributed by atoms with Crippen molar-refractivity contribution in [2.45, 2.75) is 34.1 Å². The quantitative estimate of drug-likeness (QED) is 0.757. The van der Waals surface area contributed by atoms with Gasteiger partial charge in [0.1, 0.15) is 0 Å². The molecule has 1 aromatic carbocycles. The zero-order chi connectivity index (χ0) is 20.0. The third kappa shape index (κ3) is 6.50. The zero-order valence-electron chi connectivity index (χ0n) is 16.6. The van der Waals surface area contributed by atoms with Crippen LogP contribution in [-0.2, 0) is 9.59 Å². The van der Waals surface area contributed by atoms with Crippen molar-refractivity contribution in [3.05, 3.63) is 24.3 Å². The summed E-state index contributed by atoms with van der Waals surface area (Å²) in [6, 6.07) is 7.95. The van der Waals surface area contributed by atoms with Gasteiger partial charge in [0.25, 0.3) is 0 Å². The van der Waals surface area contributed by atoms with E-state index >= 15 is 0 Å². The molecule has 2 rings (SSSR count). The highest BCUT2D eigenvalue weighted by Gasteiger charge is 2.22. The van der Waals surface area contributed by atoms with E-state index in [1.54, 1.807) is 0 Å². The number of piperazine rings is 1. The molecule has 2 amide bonds. The van der Waals surface area contributed by atoms with E-state index in [-0.39, 0.29) is 17.7 Å². The predicted octanol–water partition coefficient (Wildman–Crippen LogP) is 2.85. The van der Waals surface area contributed by atoms with Crippen molar-refractivity contribution in [1.29, 1.82) is 0 Å². The molecular weight excluding hydrogens is 360 g/mol. The number of thiocarbonyl (C=S) groups is 1. The number of amides is 2. The van der Waals surface area contributed by atoms with Gasteiger partial charge in [0.2, 0.25) is 11.8 Å². The molecule has 0 unspecified atom stereocenters. The van der Waals surface area contributed by atoms with Crippen LogP contribution in [0.25, 0.3) is 0 Å². The number of anilines is 2. The van der Waals surface area contributed by atoms with Gasteiger partial charge in [-0.15, -0.1) is 0 Å². The number of benzene rings is 1. The monoisotopic (exact) mass is 390 g/mol. The van der Waals surface area contributed by atoms with Crippen LogP contribution in [0.3, 0.4) is 0 Å². The van der Waals surface area contributed by atoms with Crippen LogP contribution in [0.1, 0.15) is 34.1 Å². The van der Waals surface area contributed by atoms with Crippen LogP contribution in [0.15, 0.2) is 24.3 Å². The van der Waals surface area contributed by atoms with Gasteiger partial charge in [-0.2, -0.15) is 0 Å². The molecule has 1 aromatic rings. The normalized spacial score (nSPS) is 14.4. The summed E-state index contributed by atoms with van der Waals surface area (Å²) in [6.07, 6.45) is 0.450. The molecular formula is C20H30N4O2S. The molecule has 1 saturated heterocycles. The second kappa shape index (κ2) is 9.69. The first kappa shape index (κ1) is 21.2. The van der Waals surface area contributed by atoms with E-state index in [9.17, 15) is 9.59 Å². The second-order valence-electron chi connectivity index (χ2n) is 7.61. The average Bonchev–Trinajstić information content (AvgIpc) is 2.61. The lowest BCUT2D eigenvalue weighted by molar-refractivity contribution is -0.134. The molecule has 1 aliphatic rings. The topological polar surface area (TPSA) is 64.7 Å². The Morgan fingerprint density at radius 1 is 1.04 bits per heavy atom. The van der Waals surface area contributed by atoms with Crippen LogP contribution in [0.4, 0.5) is 11.4 Å². The number of hydrogen-bond acceptors (Lipinski definition) is 4. The molecule has 0 saturated carbocycles. The second-order valence-corrected chi connectivity index (χ2v) is 8.02. The molecule has 1 fully saturated rings. The third-order valence-electron chi connectivity index (χ3n) is 4.42. The fourth-order valence-corrected chi connectivity index (χ4v) is 3.25. The molecule has 2 N–H and O–H groups in total. The average molecular weight is 391 g/mol. The van der Waals surface area contributed by atoms with E-state index in [0.717, 1.165) is 37.6 Å². The van der Waals surface area contributed by atoms with Gasteiger partial charge < -0.3 is 20.4 Å². The van der Waals surface area contributed by atoms with Gasteiger partial charge >= 0.3 is 0 Å². The fraction of sp³-hybridized carbons (Fsp3) is 0.550. The maximum atomic E-state index is 12.1. The minimum absolute atomic E-state index is 0.0479. The van der Waals surface area contributed by atoms with Crippen molar-refractivity contribution in [3.8, 4) is 0 Å². The lowest BCUT2D eigenvalue weighted by atomic mass is 10.1. The van der Waals surface area contributed by atoms with Gasteiger partial charge in [0, 0.05) is 49.9 Å². The number of rotatable bonds is 5. The molecule has 0 atom stereocenters. The Morgan fingerprint density at radius 3 is 2.15 bits per heavy atom. The summed E-state index contributed by atoms with van der Waals surface area (Å²) >= 11 is 5.19. The summed E-state index contributed by atoms with van der Waals surface area (Å²) in [7, 11) is 0. The minimum atomic E-state index is -0.0760. The Labute approximate surface area is 167 Å². The number of nitrogens with one attached hydrogen (secondary N) is 2. The van der Waals surface area contributed by atoms with E-state index in [0.29, 0.717) is 17.5 Å². The summed E-state index contributed by atoms with van der Waals surface area (Å²) in [5.41, 5.74) is 1.95. The first-order chi connectivity index (χ1) is 12.8.